The predicted molar refractivity (Wildman–Crippen MR) is 243 cm³/mol. The Kier molecular flexibility index (Phi) is 34.2. The van der Waals surface area contributed by atoms with Crippen molar-refractivity contribution in [2.45, 2.75) is 97.2 Å². The molecule has 62 heavy (non-hydrogen) atoms. The standard InChI is InChI=1S/C33H63NO20S8/c1-19(3-34-21(40)10-62-33(34)46)49-27-16-61-32(8-39)54-26(45)15-59-29(5-36)50-22(41)11-55-17-47-20(2)9-57-28(4-35)52-24(43)13-60-31(7-38)53-25(44)14-58-30(6-37)51-23(42)12-56-18-48-27/h19-32,35-45H,3-18H2,1-2H3/t19?,20?,21-,22?,23?,24?,25?,26?,27?,28-,29+,30-,31+,32-/m1/s1. The van der Waals surface area contributed by atoms with Crippen LogP contribution in [0.3, 0.4) is 0 Å². The summed E-state index contributed by atoms with van der Waals surface area (Å²) >= 11 is 8.45. The van der Waals surface area contributed by atoms with Crippen LogP contribution < -0.4 is 0 Å². The third-order valence-electron chi connectivity index (χ3n) is 7.58. The number of hydrogen-bond acceptors (Lipinski definition) is 28. The van der Waals surface area contributed by atoms with Gasteiger partial charge in [-0.1, -0.05) is 11.8 Å². The normalized spacial score (nSPS) is 36.4. The molecule has 0 aromatic heterocycles. The molecule has 1 amide bonds. The Bertz CT molecular complexity index is 1150. The molecule has 0 spiro atoms. The second kappa shape index (κ2) is 35.6. The van der Waals surface area contributed by atoms with E-state index in [0.29, 0.717) is 5.75 Å². The van der Waals surface area contributed by atoms with E-state index < -0.39 is 110 Å². The second-order valence-corrected chi connectivity index (χ2v) is 21.8. The minimum Gasteiger partial charge on any atom is -0.393 e. The van der Waals surface area contributed by atoms with Crippen LogP contribution in [-0.2, 0) is 37.9 Å². The molecule has 0 aromatic carbocycles. The van der Waals surface area contributed by atoms with E-state index in [4.69, 9.17) is 37.9 Å². The Morgan fingerprint density at radius 3 is 1.32 bits per heavy atom. The first-order valence-electron chi connectivity index (χ1n) is 19.1. The zero-order valence-electron chi connectivity index (χ0n) is 34.2. The van der Waals surface area contributed by atoms with Gasteiger partial charge in [-0.05, 0) is 13.8 Å². The molecule has 14 atom stereocenters. The molecule has 2 fully saturated rings. The van der Waals surface area contributed by atoms with E-state index in [1.165, 1.54) is 28.4 Å². The van der Waals surface area contributed by atoms with Gasteiger partial charge in [-0.3, -0.25) is 4.79 Å². The fourth-order valence-electron chi connectivity index (χ4n) is 4.72. The monoisotopic (exact) mass is 1050 g/mol. The van der Waals surface area contributed by atoms with Gasteiger partial charge >= 0.3 is 0 Å². The Morgan fingerprint density at radius 1 is 0.565 bits per heavy atom. The molecule has 368 valence electrons. The van der Waals surface area contributed by atoms with Crippen LogP contribution in [0.5, 0.6) is 0 Å². The number of carbonyl (C=O) groups excluding carboxylic acids is 1. The number of nitrogens with zero attached hydrogens (tertiary/aromatic N) is 1. The molecular formula is C33H63NO20S8. The largest absolute Gasteiger partial charge is 0.393 e. The third-order valence-corrected chi connectivity index (χ3v) is 15.9. The van der Waals surface area contributed by atoms with Crippen molar-refractivity contribution in [2.75, 3.05) is 97.5 Å². The van der Waals surface area contributed by atoms with Crippen molar-refractivity contribution in [3.8, 4) is 0 Å². The minimum absolute atomic E-state index is 0.0199. The van der Waals surface area contributed by atoms with E-state index in [2.05, 4.69) is 0 Å². The number of amides is 1. The topological polar surface area (TPSA) is 317 Å². The molecule has 2 heterocycles. The summed E-state index contributed by atoms with van der Waals surface area (Å²) in [7, 11) is 0. The first kappa shape index (κ1) is 59.6. The highest BCUT2D eigenvalue weighted by molar-refractivity contribution is 8.13. The Morgan fingerprint density at radius 2 is 0.935 bits per heavy atom. The Hall–Kier alpha value is 1.51. The SMILES string of the molecule is CC1CS[C@H](CO)OC(O)CS[C@@H](CO)OC(O)CS[C@H](CO)OC(O)CSCOC(OC(C)CN2C(=O)SC[C@H]2O)CS[C@H](CO)OC(O)CS[C@@H](CO)OC(O)CSCO1. The first-order valence-corrected chi connectivity index (χ1v) is 27.7. The highest BCUT2D eigenvalue weighted by Gasteiger charge is 2.32. The van der Waals surface area contributed by atoms with Crippen molar-refractivity contribution in [3.63, 3.8) is 0 Å². The molecule has 2 aliphatic rings. The van der Waals surface area contributed by atoms with Crippen LogP contribution in [0.15, 0.2) is 0 Å². The molecule has 11 N–H and O–H groups in total. The summed E-state index contributed by atoms with van der Waals surface area (Å²) in [6.07, 6.45) is -9.74. The lowest BCUT2D eigenvalue weighted by Crippen LogP contribution is -2.41. The Labute approximate surface area is 395 Å². The van der Waals surface area contributed by atoms with Gasteiger partial charge in [-0.2, -0.15) is 0 Å². The van der Waals surface area contributed by atoms with Gasteiger partial charge in [-0.25, -0.2) is 0 Å². The van der Waals surface area contributed by atoms with Gasteiger partial charge < -0.3 is 99.0 Å². The fraction of sp³-hybridized carbons (Fsp3) is 0.970. The van der Waals surface area contributed by atoms with Gasteiger partial charge in [-0.15, -0.1) is 82.3 Å². The first-order chi connectivity index (χ1) is 29.7. The maximum absolute atomic E-state index is 12.2. The van der Waals surface area contributed by atoms with Crippen LogP contribution in [0, 0.1) is 0 Å². The zero-order valence-corrected chi connectivity index (χ0v) is 40.7. The Balaban J connectivity index is 2.08. The summed E-state index contributed by atoms with van der Waals surface area (Å²) in [5, 5.41) is 111. The number of aliphatic hydroxyl groups is 11. The molecule has 0 saturated carbocycles. The lowest BCUT2D eigenvalue weighted by Gasteiger charge is -2.28. The van der Waals surface area contributed by atoms with Crippen molar-refractivity contribution in [1.29, 1.82) is 0 Å². The van der Waals surface area contributed by atoms with Gasteiger partial charge in [0.1, 0.15) is 33.4 Å². The highest BCUT2D eigenvalue weighted by Crippen LogP contribution is 2.27. The minimum atomic E-state index is -1.43. The third kappa shape index (κ3) is 26.9. The number of carbonyl (C=O) groups is 1. The van der Waals surface area contributed by atoms with Crippen molar-refractivity contribution in [1.82, 2.24) is 4.90 Å². The quantitative estimate of drug-likeness (QED) is 0.131. The maximum Gasteiger partial charge on any atom is 0.283 e. The summed E-state index contributed by atoms with van der Waals surface area (Å²) in [6.45, 7) is 1.08. The second-order valence-electron chi connectivity index (χ2n) is 12.9. The molecule has 29 heteroatoms. The van der Waals surface area contributed by atoms with Crippen LogP contribution in [0.1, 0.15) is 13.8 Å². The molecular weight excluding hydrogens is 987 g/mol. The van der Waals surface area contributed by atoms with Crippen molar-refractivity contribution < 1.29 is 98.9 Å². The summed E-state index contributed by atoms with van der Waals surface area (Å²) in [5.41, 5.74) is -4.63. The van der Waals surface area contributed by atoms with E-state index in [9.17, 15) is 61.0 Å². The summed E-state index contributed by atoms with van der Waals surface area (Å²) < 4.78 is 45.3. The van der Waals surface area contributed by atoms with Crippen LogP contribution in [0.2, 0.25) is 0 Å². The van der Waals surface area contributed by atoms with Crippen LogP contribution in [-0.4, -0.2) is 247 Å². The number of aliphatic hydroxyl groups excluding tert-OH is 11. The van der Waals surface area contributed by atoms with Crippen molar-refractivity contribution in [2.24, 2.45) is 0 Å². The van der Waals surface area contributed by atoms with E-state index >= 15 is 0 Å². The van der Waals surface area contributed by atoms with E-state index in [1.54, 1.807) is 13.8 Å². The summed E-state index contributed by atoms with van der Waals surface area (Å²) in [6, 6.07) is 0. The zero-order chi connectivity index (χ0) is 45.9. The molecule has 0 aromatic rings. The predicted octanol–water partition coefficient (Wildman–Crippen LogP) is -1.05. The van der Waals surface area contributed by atoms with Gasteiger partial charge in [0, 0.05) is 46.0 Å². The van der Waals surface area contributed by atoms with Crippen LogP contribution in [0.4, 0.5) is 4.79 Å². The molecule has 2 aliphatic heterocycles. The van der Waals surface area contributed by atoms with E-state index in [-0.39, 0.29) is 70.0 Å². The summed E-state index contributed by atoms with van der Waals surface area (Å²) in [5.74, 6) is 0.581. The lowest BCUT2D eigenvalue weighted by atomic mass is 10.3. The molecule has 8 unspecified atom stereocenters. The van der Waals surface area contributed by atoms with Crippen molar-refractivity contribution in [3.05, 3.63) is 0 Å². The number of hydrogen-bond donors (Lipinski definition) is 11. The lowest BCUT2D eigenvalue weighted by molar-refractivity contribution is -0.147. The van der Waals surface area contributed by atoms with Crippen LogP contribution >= 0.6 is 94.1 Å². The molecule has 0 aliphatic carbocycles. The average molecular weight is 1050 g/mol. The van der Waals surface area contributed by atoms with Crippen molar-refractivity contribution >= 4 is 99.3 Å². The number of ether oxygens (including phenoxy) is 8. The number of thioether (sulfide) groups is 8. The van der Waals surface area contributed by atoms with Gasteiger partial charge in [0.2, 0.25) is 0 Å². The smallest absolute Gasteiger partial charge is 0.283 e. The molecule has 2 saturated heterocycles. The molecule has 2 rings (SSSR count). The average Bonchev–Trinajstić information content (AvgIpc) is 3.56. The van der Waals surface area contributed by atoms with Gasteiger partial charge in [0.25, 0.3) is 5.24 Å². The van der Waals surface area contributed by atoms with E-state index in [1.807, 2.05) is 0 Å². The van der Waals surface area contributed by atoms with Gasteiger partial charge in [0.15, 0.2) is 37.7 Å². The van der Waals surface area contributed by atoms with Gasteiger partial charge in [0.05, 0.1) is 63.7 Å². The number of rotatable bonds is 9. The van der Waals surface area contributed by atoms with Crippen LogP contribution in [0.25, 0.3) is 0 Å². The molecule has 21 nitrogen and oxygen atoms in total. The molecule has 0 bridgehead atoms. The highest BCUT2D eigenvalue weighted by atomic mass is 32.2. The summed E-state index contributed by atoms with van der Waals surface area (Å²) in [4.78, 5) is 13.5. The fourth-order valence-corrected chi connectivity index (χ4v) is 10.9. The molecule has 0 radical (unpaired) electrons. The van der Waals surface area contributed by atoms with E-state index in [0.717, 1.165) is 70.6 Å². The maximum atomic E-state index is 12.2.